The Morgan fingerprint density at radius 3 is 1.68 bits per heavy atom. The summed E-state index contributed by atoms with van der Waals surface area (Å²) < 4.78 is 37.4. The van der Waals surface area contributed by atoms with E-state index in [1.807, 2.05) is 67.6 Å². The van der Waals surface area contributed by atoms with Crippen LogP contribution in [0.15, 0.2) is 109 Å². The van der Waals surface area contributed by atoms with Gasteiger partial charge in [-0.05, 0) is 136 Å². The average Bonchev–Trinajstić information content (AvgIpc) is 3.92. The molecule has 6 aromatic rings. The maximum absolute atomic E-state index is 11.9. The monoisotopic (exact) mass is 1040 g/mol. The van der Waals surface area contributed by atoms with Crippen molar-refractivity contribution in [1.29, 1.82) is 0 Å². The van der Waals surface area contributed by atoms with Crippen molar-refractivity contribution in [3.05, 3.63) is 165 Å². The molecule has 3 aliphatic rings. The first-order chi connectivity index (χ1) is 37.3. The van der Waals surface area contributed by atoms with Crippen LogP contribution in [0.3, 0.4) is 0 Å². The highest BCUT2D eigenvalue weighted by Crippen LogP contribution is 2.41. The Bertz CT molecular complexity index is 2600. The molecule has 2 N–H and O–H groups in total. The van der Waals surface area contributed by atoms with Crippen molar-refractivity contribution in [2.45, 2.75) is 124 Å². The highest BCUT2D eigenvalue weighted by molar-refractivity contribution is 5.76. The number of nitrogens with two attached hydrogens (primary N) is 1. The molecule has 0 saturated carbocycles. The zero-order valence-corrected chi connectivity index (χ0v) is 45.6. The van der Waals surface area contributed by atoms with Gasteiger partial charge in [0.25, 0.3) is 0 Å². The molecule has 1 spiro atoms. The minimum Gasteiger partial charge on any atom is -0.497 e. The van der Waals surface area contributed by atoms with Gasteiger partial charge in [-0.2, -0.15) is 10.2 Å². The van der Waals surface area contributed by atoms with E-state index in [1.54, 1.807) is 18.9 Å². The molecule has 14 nitrogen and oxygen atoms in total. The van der Waals surface area contributed by atoms with Crippen molar-refractivity contribution in [2.24, 2.45) is 16.6 Å². The predicted molar refractivity (Wildman–Crippen MR) is 296 cm³/mol. The lowest BCUT2D eigenvalue weighted by Gasteiger charge is -2.39. The Kier molecular flexibility index (Phi) is 22.8. The van der Waals surface area contributed by atoms with Crippen LogP contribution in [0.4, 0.5) is 0 Å². The van der Waals surface area contributed by atoms with Gasteiger partial charge in [-0.25, -0.2) is 0 Å². The molecule has 408 valence electrons. The fourth-order valence-electron chi connectivity index (χ4n) is 10.6. The molecule has 0 amide bonds. The Morgan fingerprint density at radius 1 is 0.645 bits per heavy atom. The van der Waals surface area contributed by atoms with Gasteiger partial charge in [0.15, 0.2) is 6.29 Å². The van der Waals surface area contributed by atoms with E-state index in [9.17, 15) is 9.59 Å². The maximum atomic E-state index is 11.9. The molecule has 0 atom stereocenters. The van der Waals surface area contributed by atoms with Crippen molar-refractivity contribution >= 4 is 12.6 Å². The Labute approximate surface area is 451 Å². The third-order valence-electron chi connectivity index (χ3n) is 15.0. The Balaban J connectivity index is 0.000000191. The number of rotatable bonds is 23. The van der Waals surface area contributed by atoms with Gasteiger partial charge in [0.1, 0.15) is 23.5 Å². The lowest BCUT2D eigenvalue weighted by atomic mass is 9.75. The lowest BCUT2D eigenvalue weighted by molar-refractivity contribution is -0.121. The highest BCUT2D eigenvalue weighted by atomic mass is 16.5. The summed E-state index contributed by atoms with van der Waals surface area (Å²) >= 11 is 0. The number of methoxy groups -OCH3 is 2. The second-order valence-corrected chi connectivity index (χ2v) is 20.3. The van der Waals surface area contributed by atoms with Crippen LogP contribution in [0.2, 0.25) is 0 Å². The number of aldehydes is 2. The summed E-state index contributed by atoms with van der Waals surface area (Å²) in [7, 11) is 3.37. The van der Waals surface area contributed by atoms with E-state index in [-0.39, 0.29) is 5.41 Å². The van der Waals surface area contributed by atoms with Crippen LogP contribution in [-0.2, 0) is 95.4 Å². The predicted octanol–water partition coefficient (Wildman–Crippen LogP) is 9.97. The van der Waals surface area contributed by atoms with Gasteiger partial charge < -0.3 is 38.9 Å². The number of aryl methyl sites for hydroxylation is 4. The fourth-order valence-corrected chi connectivity index (χ4v) is 10.6. The van der Waals surface area contributed by atoms with Crippen LogP contribution in [0.5, 0.6) is 11.5 Å². The summed E-state index contributed by atoms with van der Waals surface area (Å²) in [4.78, 5) is 26.3. The first kappa shape index (κ1) is 57.7. The minimum atomic E-state index is -0.462. The number of carbonyl (C=O) groups is 2. The van der Waals surface area contributed by atoms with Crippen LogP contribution >= 0.6 is 0 Å². The molecule has 0 unspecified atom stereocenters. The molecule has 0 bridgehead atoms. The van der Waals surface area contributed by atoms with Gasteiger partial charge in [0.2, 0.25) is 0 Å². The summed E-state index contributed by atoms with van der Waals surface area (Å²) in [5.41, 5.74) is 16.6. The van der Waals surface area contributed by atoms with Crippen LogP contribution in [0.25, 0.3) is 0 Å². The van der Waals surface area contributed by atoms with Crippen LogP contribution in [0.1, 0.15) is 113 Å². The number of ether oxygens (including phenoxy) is 6. The molecule has 0 aliphatic carbocycles. The molecule has 2 aromatic heterocycles. The van der Waals surface area contributed by atoms with Gasteiger partial charge in [0, 0.05) is 89.9 Å². The van der Waals surface area contributed by atoms with Crippen LogP contribution in [-0.4, -0.2) is 97.4 Å². The SMILES string of the molecule is CCn1nc(CCCOCc2ccccc2)c(CC2(C=O)CCOCC2)c1C=O.CCn1nc(CCCOCc2ccccc2)c2c1CN(Cc1ccc(OC)cc1)CC1(CCOCC1)C2.COc1ccc(CN)cc1. The topological polar surface area (TPSA) is 154 Å². The normalized spacial score (nSPS) is 15.8. The number of carbonyl (C=O) groups excluding carboxylic acids is 2. The van der Waals surface area contributed by atoms with Gasteiger partial charge in [0.05, 0.1) is 44.5 Å². The van der Waals surface area contributed by atoms with E-state index in [0.29, 0.717) is 71.1 Å². The molecular formula is C62H82N6O8. The zero-order valence-electron chi connectivity index (χ0n) is 45.6. The standard InChI is InChI=1S/C31H41N3O3.C23H30N2O4.C8H11NO/c1-3-34-30-22-33(21-25-11-13-27(35-2)14-12-25)24-31(15-18-36-19-16-31)20-28(30)29(32-34)10-7-17-37-23-26-8-5-4-6-9-26;1-2-25-22(16-26)20(15-23(18-27)10-13-28-14-11-23)21(24-25)9-6-12-29-17-19-7-4-3-5-8-19;1-10-8-4-2-7(6-9)3-5-8/h4-6,8-9,11-14H,3,7,10,15-24H2,1-2H3;3-5,7-8,16,18H,2,6,9-15,17H2,1H3;2-5H,6,9H2,1H3. The van der Waals surface area contributed by atoms with Crippen molar-refractivity contribution in [3.63, 3.8) is 0 Å². The molecule has 2 saturated heterocycles. The quantitative estimate of drug-likeness (QED) is 0.0480. The first-order valence-corrected chi connectivity index (χ1v) is 27.4. The van der Waals surface area contributed by atoms with E-state index in [0.717, 1.165) is 137 Å². The van der Waals surface area contributed by atoms with Gasteiger partial charge in [-0.3, -0.25) is 19.1 Å². The first-order valence-electron chi connectivity index (χ1n) is 27.4. The third kappa shape index (κ3) is 16.5. The lowest BCUT2D eigenvalue weighted by Crippen LogP contribution is -2.41. The summed E-state index contributed by atoms with van der Waals surface area (Å²) in [6.07, 6.45) is 10.7. The smallest absolute Gasteiger partial charge is 0.168 e. The largest absolute Gasteiger partial charge is 0.497 e. The van der Waals surface area contributed by atoms with E-state index < -0.39 is 5.41 Å². The number of nitrogens with zero attached hydrogens (tertiary/aromatic N) is 5. The number of aromatic nitrogens is 4. The number of fused-ring (bicyclic) bond motifs is 1. The van der Waals surface area contributed by atoms with Crippen LogP contribution in [0, 0.1) is 10.8 Å². The Morgan fingerprint density at radius 2 is 1.17 bits per heavy atom. The molecule has 4 aromatic carbocycles. The van der Waals surface area contributed by atoms with E-state index >= 15 is 0 Å². The molecule has 14 heteroatoms. The molecule has 9 rings (SSSR count). The Hall–Kier alpha value is -6.00. The minimum absolute atomic E-state index is 0.246. The van der Waals surface area contributed by atoms with Gasteiger partial charge in [-0.15, -0.1) is 0 Å². The molecule has 3 aliphatic heterocycles. The third-order valence-corrected chi connectivity index (χ3v) is 15.0. The van der Waals surface area contributed by atoms with E-state index in [1.165, 1.54) is 28.1 Å². The molecule has 76 heavy (non-hydrogen) atoms. The van der Waals surface area contributed by atoms with Crippen molar-refractivity contribution in [2.75, 3.05) is 60.4 Å². The molecule has 0 radical (unpaired) electrons. The van der Waals surface area contributed by atoms with Crippen LogP contribution < -0.4 is 15.2 Å². The fraction of sp³-hybridized carbons (Fsp3) is 0.484. The number of hydrogen-bond donors (Lipinski definition) is 1. The van der Waals surface area contributed by atoms with Crippen molar-refractivity contribution in [3.8, 4) is 11.5 Å². The second-order valence-electron chi connectivity index (χ2n) is 20.3. The summed E-state index contributed by atoms with van der Waals surface area (Å²) in [5, 5.41) is 9.81. The highest BCUT2D eigenvalue weighted by Gasteiger charge is 2.40. The van der Waals surface area contributed by atoms with E-state index in [2.05, 4.69) is 70.1 Å². The summed E-state index contributed by atoms with van der Waals surface area (Å²) in [6, 6.07) is 36.7. The van der Waals surface area contributed by atoms with Gasteiger partial charge in [-0.1, -0.05) is 84.9 Å². The average molecular weight is 1040 g/mol. The van der Waals surface area contributed by atoms with E-state index in [4.69, 9.17) is 39.3 Å². The van der Waals surface area contributed by atoms with Crippen molar-refractivity contribution in [1.82, 2.24) is 24.5 Å². The second kappa shape index (κ2) is 30.1. The summed E-state index contributed by atoms with van der Waals surface area (Å²) in [6.45, 7) is 14.8. The maximum Gasteiger partial charge on any atom is 0.168 e. The molecule has 2 fully saturated rings. The van der Waals surface area contributed by atoms with Gasteiger partial charge >= 0.3 is 0 Å². The molecular weight excluding hydrogens is 957 g/mol. The zero-order chi connectivity index (χ0) is 53.4. The van der Waals surface area contributed by atoms with Crippen molar-refractivity contribution < 1.29 is 38.0 Å². The number of hydrogen-bond acceptors (Lipinski definition) is 12. The molecule has 5 heterocycles. The summed E-state index contributed by atoms with van der Waals surface area (Å²) in [5.74, 6) is 1.78. The number of benzene rings is 4.